The smallest absolute Gasteiger partial charge is 0.253 e. The van der Waals surface area contributed by atoms with E-state index in [0.29, 0.717) is 23.0 Å². The van der Waals surface area contributed by atoms with Crippen LogP contribution in [0.15, 0.2) is 24.3 Å². The third-order valence-corrected chi connectivity index (χ3v) is 4.99. The summed E-state index contributed by atoms with van der Waals surface area (Å²) in [6.07, 6.45) is 3.45. The molecular formula is C20H31N3OS. The fraction of sp³-hybridized carbons (Fsp3) is 0.600. The molecular weight excluding hydrogens is 330 g/mol. The number of nitrogens with zero attached hydrogens (tertiary/aromatic N) is 1. The summed E-state index contributed by atoms with van der Waals surface area (Å²) in [7, 11) is 0. The van der Waals surface area contributed by atoms with Gasteiger partial charge in [-0.05, 0) is 67.6 Å². The average molecular weight is 362 g/mol. The zero-order chi connectivity index (χ0) is 18.4. The van der Waals surface area contributed by atoms with Crippen LogP contribution in [0.4, 0.5) is 5.69 Å². The number of benzene rings is 1. The molecule has 1 aliphatic rings. The van der Waals surface area contributed by atoms with Crippen LogP contribution in [0.2, 0.25) is 0 Å². The predicted octanol–water partition coefficient (Wildman–Crippen LogP) is 4.28. The molecule has 25 heavy (non-hydrogen) atoms. The van der Waals surface area contributed by atoms with Gasteiger partial charge in [0.15, 0.2) is 5.11 Å². The van der Waals surface area contributed by atoms with E-state index in [1.165, 1.54) is 6.42 Å². The van der Waals surface area contributed by atoms with Gasteiger partial charge >= 0.3 is 0 Å². The number of nitrogens with one attached hydrogen (secondary N) is 2. The van der Waals surface area contributed by atoms with Gasteiger partial charge in [0.1, 0.15) is 0 Å². The number of likely N-dealkylation sites (tertiary alicyclic amines) is 1. The molecule has 0 spiro atoms. The molecule has 0 saturated carbocycles. The summed E-state index contributed by atoms with van der Waals surface area (Å²) in [4.78, 5) is 14.4. The summed E-state index contributed by atoms with van der Waals surface area (Å²) in [6.45, 7) is 10.5. The Labute approximate surface area is 157 Å². The molecule has 1 aromatic rings. The molecule has 0 aliphatic carbocycles. The molecule has 0 aromatic heterocycles. The van der Waals surface area contributed by atoms with Crippen LogP contribution in [0, 0.1) is 11.8 Å². The van der Waals surface area contributed by atoms with Crippen LogP contribution < -0.4 is 10.6 Å². The highest BCUT2D eigenvalue weighted by Gasteiger charge is 2.19. The van der Waals surface area contributed by atoms with Gasteiger partial charge in [-0.25, -0.2) is 0 Å². The van der Waals surface area contributed by atoms with E-state index < -0.39 is 0 Å². The van der Waals surface area contributed by atoms with Crippen molar-refractivity contribution in [1.29, 1.82) is 0 Å². The second-order valence-electron chi connectivity index (χ2n) is 7.54. The first kappa shape index (κ1) is 19.7. The van der Waals surface area contributed by atoms with Gasteiger partial charge in [0.25, 0.3) is 5.91 Å². The van der Waals surface area contributed by atoms with E-state index >= 15 is 0 Å². The minimum absolute atomic E-state index is 0.131. The largest absolute Gasteiger partial charge is 0.359 e. The van der Waals surface area contributed by atoms with Gasteiger partial charge in [-0.2, -0.15) is 0 Å². The lowest BCUT2D eigenvalue weighted by Crippen LogP contribution is -2.44. The quantitative estimate of drug-likeness (QED) is 0.768. The maximum atomic E-state index is 12.5. The van der Waals surface area contributed by atoms with Crippen molar-refractivity contribution in [2.75, 3.05) is 18.4 Å². The fourth-order valence-corrected chi connectivity index (χ4v) is 3.65. The Morgan fingerprint density at radius 2 is 1.56 bits per heavy atom. The maximum Gasteiger partial charge on any atom is 0.253 e. The molecule has 1 amide bonds. The highest BCUT2D eigenvalue weighted by atomic mass is 32.1. The number of carbonyl (C=O) groups excluding carboxylic acids is 1. The molecule has 4 nitrogen and oxygen atoms in total. The molecule has 5 heteroatoms. The second-order valence-corrected chi connectivity index (χ2v) is 7.95. The Balaban J connectivity index is 1.93. The van der Waals surface area contributed by atoms with Gasteiger partial charge in [-0.15, -0.1) is 0 Å². The van der Waals surface area contributed by atoms with Crippen LogP contribution in [-0.2, 0) is 0 Å². The minimum Gasteiger partial charge on any atom is -0.359 e. The van der Waals surface area contributed by atoms with Crippen molar-refractivity contribution in [3.63, 3.8) is 0 Å². The molecule has 1 saturated heterocycles. The van der Waals surface area contributed by atoms with Gasteiger partial charge in [-0.3, -0.25) is 4.79 Å². The third-order valence-electron chi connectivity index (χ3n) is 4.77. The Bertz CT molecular complexity index is 569. The van der Waals surface area contributed by atoms with E-state index in [-0.39, 0.29) is 5.91 Å². The van der Waals surface area contributed by atoms with E-state index in [1.54, 1.807) is 0 Å². The van der Waals surface area contributed by atoms with Crippen LogP contribution in [0.25, 0.3) is 0 Å². The summed E-state index contributed by atoms with van der Waals surface area (Å²) < 4.78 is 0. The normalized spacial score (nSPS) is 14.9. The molecule has 1 aromatic carbocycles. The maximum absolute atomic E-state index is 12.5. The number of amides is 1. The van der Waals surface area contributed by atoms with Crippen molar-refractivity contribution in [3.05, 3.63) is 29.8 Å². The van der Waals surface area contributed by atoms with Gasteiger partial charge in [0.2, 0.25) is 0 Å². The van der Waals surface area contributed by atoms with Crippen molar-refractivity contribution in [2.45, 2.75) is 53.0 Å². The lowest BCUT2D eigenvalue weighted by atomic mass is 9.93. The minimum atomic E-state index is 0.131. The lowest BCUT2D eigenvalue weighted by Gasteiger charge is -2.28. The molecule has 2 rings (SSSR count). The molecule has 1 heterocycles. The first-order valence-electron chi connectivity index (χ1n) is 9.35. The lowest BCUT2D eigenvalue weighted by molar-refractivity contribution is 0.0724. The SMILES string of the molecule is CC(C)C(NC(=S)Nc1ccc(C(=O)N2CCCCC2)cc1)C(C)C. The summed E-state index contributed by atoms with van der Waals surface area (Å²) in [5.41, 5.74) is 1.65. The molecule has 0 unspecified atom stereocenters. The molecule has 0 radical (unpaired) electrons. The van der Waals surface area contributed by atoms with E-state index in [4.69, 9.17) is 12.2 Å². The van der Waals surface area contributed by atoms with Crippen LogP contribution in [-0.4, -0.2) is 35.1 Å². The van der Waals surface area contributed by atoms with Crippen LogP contribution >= 0.6 is 12.2 Å². The molecule has 1 fully saturated rings. The zero-order valence-corrected chi connectivity index (χ0v) is 16.7. The number of hydrogen-bond donors (Lipinski definition) is 2. The summed E-state index contributed by atoms with van der Waals surface area (Å²) in [5, 5.41) is 7.25. The Kier molecular flexibility index (Phi) is 7.24. The number of thiocarbonyl (C=S) groups is 1. The standard InChI is InChI=1S/C20H31N3OS/c1-14(2)18(15(3)4)22-20(25)21-17-10-8-16(9-11-17)19(24)23-12-6-5-7-13-23/h8-11,14-15,18H,5-7,12-13H2,1-4H3,(H2,21,22,25). The van der Waals surface area contributed by atoms with Crippen molar-refractivity contribution in [1.82, 2.24) is 10.2 Å². The topological polar surface area (TPSA) is 44.4 Å². The molecule has 0 bridgehead atoms. The molecule has 0 atom stereocenters. The number of rotatable bonds is 5. The van der Waals surface area contributed by atoms with Crippen LogP contribution in [0.1, 0.15) is 57.3 Å². The Morgan fingerprint density at radius 1 is 1.00 bits per heavy atom. The average Bonchev–Trinajstić information content (AvgIpc) is 2.60. The van der Waals surface area contributed by atoms with E-state index in [2.05, 4.69) is 38.3 Å². The van der Waals surface area contributed by atoms with Gasteiger partial charge < -0.3 is 15.5 Å². The first-order chi connectivity index (χ1) is 11.9. The van der Waals surface area contributed by atoms with Crippen LogP contribution in [0.5, 0.6) is 0 Å². The first-order valence-corrected chi connectivity index (χ1v) is 9.76. The third kappa shape index (κ3) is 5.70. The van der Waals surface area contributed by atoms with Gasteiger partial charge in [0, 0.05) is 30.4 Å². The van der Waals surface area contributed by atoms with E-state index in [1.807, 2.05) is 29.2 Å². The van der Waals surface area contributed by atoms with Gasteiger partial charge in [-0.1, -0.05) is 27.7 Å². The number of carbonyl (C=O) groups is 1. The molecule has 1 aliphatic heterocycles. The number of piperidine rings is 1. The van der Waals surface area contributed by atoms with Crippen molar-refractivity contribution >= 4 is 28.9 Å². The van der Waals surface area contributed by atoms with E-state index in [9.17, 15) is 4.79 Å². The van der Waals surface area contributed by atoms with Crippen molar-refractivity contribution in [3.8, 4) is 0 Å². The second kappa shape index (κ2) is 9.18. The predicted molar refractivity (Wildman–Crippen MR) is 109 cm³/mol. The Hall–Kier alpha value is -1.62. The zero-order valence-electron chi connectivity index (χ0n) is 15.8. The summed E-state index contributed by atoms with van der Waals surface area (Å²) in [5.74, 6) is 1.14. The number of hydrogen-bond acceptors (Lipinski definition) is 2. The molecule has 138 valence electrons. The van der Waals surface area contributed by atoms with Crippen molar-refractivity contribution in [2.24, 2.45) is 11.8 Å². The highest BCUT2D eigenvalue weighted by Crippen LogP contribution is 2.16. The van der Waals surface area contributed by atoms with Crippen LogP contribution in [0.3, 0.4) is 0 Å². The Morgan fingerprint density at radius 3 is 2.08 bits per heavy atom. The van der Waals surface area contributed by atoms with Crippen molar-refractivity contribution < 1.29 is 4.79 Å². The highest BCUT2D eigenvalue weighted by molar-refractivity contribution is 7.80. The molecule has 2 N–H and O–H groups in total. The van der Waals surface area contributed by atoms with Gasteiger partial charge in [0.05, 0.1) is 0 Å². The summed E-state index contributed by atoms with van der Waals surface area (Å²) in [6, 6.07) is 7.93. The fourth-order valence-electron chi connectivity index (χ4n) is 3.40. The number of anilines is 1. The monoisotopic (exact) mass is 361 g/mol. The van der Waals surface area contributed by atoms with E-state index in [0.717, 1.165) is 37.2 Å². The summed E-state index contributed by atoms with van der Waals surface area (Å²) >= 11 is 5.44.